The van der Waals surface area contributed by atoms with E-state index >= 15 is 0 Å². The third-order valence-electron chi connectivity index (χ3n) is 3.50. The summed E-state index contributed by atoms with van der Waals surface area (Å²) in [5.74, 6) is 0.253. The molecule has 4 rings (SSSR count). The third kappa shape index (κ3) is 1.48. The van der Waals surface area contributed by atoms with E-state index in [1.54, 1.807) is 12.4 Å². The van der Waals surface area contributed by atoms with Crippen molar-refractivity contribution >= 4 is 27.6 Å². The summed E-state index contributed by atoms with van der Waals surface area (Å²) in [7, 11) is 0. The van der Waals surface area contributed by atoms with Crippen LogP contribution in [0.15, 0.2) is 54.9 Å². The molecule has 96 valence electrons. The van der Waals surface area contributed by atoms with Gasteiger partial charge in [0, 0.05) is 34.2 Å². The summed E-state index contributed by atoms with van der Waals surface area (Å²) in [6, 6.07) is 13.8. The number of aromatic nitrogens is 3. The van der Waals surface area contributed by atoms with Gasteiger partial charge < -0.3 is 9.97 Å². The summed E-state index contributed by atoms with van der Waals surface area (Å²) in [4.78, 5) is 22.7. The number of nitrogens with zero attached hydrogens (tertiary/aromatic N) is 1. The highest BCUT2D eigenvalue weighted by molar-refractivity contribution is 6.18. The van der Waals surface area contributed by atoms with Crippen molar-refractivity contribution in [3.05, 3.63) is 66.2 Å². The highest BCUT2D eigenvalue weighted by Crippen LogP contribution is 2.28. The summed E-state index contributed by atoms with van der Waals surface area (Å²) in [6.07, 6.45) is 3.23. The lowest BCUT2D eigenvalue weighted by Crippen LogP contribution is -2.04. The molecule has 4 aromatic rings. The largest absolute Gasteiger partial charge is 0.354 e. The number of aromatic amines is 2. The van der Waals surface area contributed by atoms with E-state index in [-0.39, 0.29) is 5.78 Å². The fourth-order valence-electron chi connectivity index (χ4n) is 2.58. The van der Waals surface area contributed by atoms with E-state index in [1.165, 1.54) is 0 Å². The zero-order chi connectivity index (χ0) is 13.5. The molecular formula is C16H11N3O. The molecular weight excluding hydrogens is 250 g/mol. The second-order valence-corrected chi connectivity index (χ2v) is 4.67. The first-order chi connectivity index (χ1) is 9.84. The Kier molecular flexibility index (Phi) is 2.23. The van der Waals surface area contributed by atoms with Crippen molar-refractivity contribution in [2.75, 3.05) is 0 Å². The van der Waals surface area contributed by atoms with Crippen molar-refractivity contribution in [2.24, 2.45) is 0 Å². The molecule has 0 unspecified atom stereocenters. The van der Waals surface area contributed by atoms with Crippen LogP contribution in [0.25, 0.3) is 21.8 Å². The van der Waals surface area contributed by atoms with E-state index < -0.39 is 0 Å². The Labute approximate surface area is 114 Å². The Hall–Kier alpha value is -2.88. The smallest absolute Gasteiger partial charge is 0.230 e. The Balaban J connectivity index is 2.03. The molecule has 0 amide bonds. The molecule has 2 aromatic carbocycles. The molecule has 0 spiro atoms. The van der Waals surface area contributed by atoms with Crippen LogP contribution in [0.3, 0.4) is 0 Å². The van der Waals surface area contributed by atoms with E-state index in [9.17, 15) is 4.79 Å². The maximum atomic E-state index is 12.5. The summed E-state index contributed by atoms with van der Waals surface area (Å²) >= 11 is 0. The number of imidazole rings is 1. The molecule has 0 saturated carbocycles. The number of para-hydroxylation sites is 2. The number of fused-ring (bicyclic) bond motifs is 3. The predicted molar refractivity (Wildman–Crippen MR) is 77.8 cm³/mol. The molecule has 0 atom stereocenters. The van der Waals surface area contributed by atoms with Crippen LogP contribution in [-0.2, 0) is 0 Å². The number of benzene rings is 2. The van der Waals surface area contributed by atoms with Gasteiger partial charge in [0.25, 0.3) is 0 Å². The summed E-state index contributed by atoms with van der Waals surface area (Å²) in [6.45, 7) is 0. The maximum absolute atomic E-state index is 12.5. The summed E-state index contributed by atoms with van der Waals surface area (Å²) in [5, 5.41) is 2.18. The monoisotopic (exact) mass is 261 g/mol. The van der Waals surface area contributed by atoms with Gasteiger partial charge in [0.05, 0.1) is 5.52 Å². The van der Waals surface area contributed by atoms with Gasteiger partial charge in [0.1, 0.15) is 0 Å². The van der Waals surface area contributed by atoms with E-state index in [1.807, 2.05) is 36.4 Å². The Morgan fingerprint density at radius 1 is 1.00 bits per heavy atom. The van der Waals surface area contributed by atoms with E-state index in [0.29, 0.717) is 11.4 Å². The second-order valence-electron chi connectivity index (χ2n) is 4.67. The van der Waals surface area contributed by atoms with Gasteiger partial charge in [0.2, 0.25) is 5.78 Å². The lowest BCUT2D eigenvalue weighted by Gasteiger charge is -2.00. The lowest BCUT2D eigenvalue weighted by molar-refractivity contribution is 0.103. The van der Waals surface area contributed by atoms with Crippen molar-refractivity contribution in [1.82, 2.24) is 15.0 Å². The van der Waals surface area contributed by atoms with Crippen LogP contribution >= 0.6 is 0 Å². The SMILES string of the molecule is O=C(c1ncc[nH]1)c1cccc2c1[nH]c1ccccc12. The lowest BCUT2D eigenvalue weighted by atomic mass is 10.1. The second kappa shape index (κ2) is 4.06. The van der Waals surface area contributed by atoms with Gasteiger partial charge in [-0.15, -0.1) is 0 Å². The number of rotatable bonds is 2. The van der Waals surface area contributed by atoms with Crippen LogP contribution in [0.2, 0.25) is 0 Å². The standard InChI is InChI=1S/C16H11N3O/c20-15(16-17-8-9-18-16)12-6-3-5-11-10-4-1-2-7-13(10)19-14(11)12/h1-9,19H,(H,17,18). The van der Waals surface area contributed by atoms with Gasteiger partial charge in [-0.25, -0.2) is 4.98 Å². The first kappa shape index (κ1) is 11.0. The van der Waals surface area contributed by atoms with Crippen LogP contribution in [0.4, 0.5) is 0 Å². The molecule has 20 heavy (non-hydrogen) atoms. The van der Waals surface area contributed by atoms with Crippen LogP contribution in [0.5, 0.6) is 0 Å². The number of H-pyrrole nitrogens is 2. The number of carbonyl (C=O) groups is 1. The zero-order valence-corrected chi connectivity index (χ0v) is 10.6. The Bertz CT molecular complexity index is 919. The first-order valence-electron chi connectivity index (χ1n) is 6.38. The number of hydrogen-bond acceptors (Lipinski definition) is 2. The number of nitrogens with one attached hydrogen (secondary N) is 2. The summed E-state index contributed by atoms with van der Waals surface area (Å²) in [5.41, 5.74) is 2.52. The van der Waals surface area contributed by atoms with Crippen LogP contribution < -0.4 is 0 Å². The van der Waals surface area contributed by atoms with Gasteiger partial charge in [-0.3, -0.25) is 4.79 Å². The minimum Gasteiger partial charge on any atom is -0.354 e. The molecule has 2 aromatic heterocycles. The molecule has 0 fully saturated rings. The average Bonchev–Trinajstić information content (AvgIpc) is 3.13. The quantitative estimate of drug-likeness (QED) is 0.544. The van der Waals surface area contributed by atoms with Gasteiger partial charge in [-0.05, 0) is 12.1 Å². The van der Waals surface area contributed by atoms with Crippen LogP contribution in [0.1, 0.15) is 16.2 Å². The molecule has 0 aliphatic carbocycles. The molecule has 0 aliphatic heterocycles. The third-order valence-corrected chi connectivity index (χ3v) is 3.50. The van der Waals surface area contributed by atoms with Crippen LogP contribution in [0, 0.1) is 0 Å². The fraction of sp³-hybridized carbons (Fsp3) is 0. The summed E-state index contributed by atoms with van der Waals surface area (Å²) < 4.78 is 0. The van der Waals surface area contributed by atoms with Crippen molar-refractivity contribution < 1.29 is 4.79 Å². The number of carbonyl (C=O) groups excluding carboxylic acids is 1. The van der Waals surface area contributed by atoms with Crippen molar-refractivity contribution in [3.63, 3.8) is 0 Å². The molecule has 4 nitrogen and oxygen atoms in total. The van der Waals surface area contributed by atoms with Crippen molar-refractivity contribution in [1.29, 1.82) is 0 Å². The molecule has 4 heteroatoms. The van der Waals surface area contributed by atoms with E-state index in [4.69, 9.17) is 0 Å². The Morgan fingerprint density at radius 3 is 2.70 bits per heavy atom. The molecule has 2 heterocycles. The van der Waals surface area contributed by atoms with E-state index in [0.717, 1.165) is 21.8 Å². The van der Waals surface area contributed by atoms with Gasteiger partial charge >= 0.3 is 0 Å². The van der Waals surface area contributed by atoms with Gasteiger partial charge in [0.15, 0.2) is 5.82 Å². The van der Waals surface area contributed by atoms with Gasteiger partial charge in [-0.1, -0.05) is 30.3 Å². The molecule has 0 radical (unpaired) electrons. The average molecular weight is 261 g/mol. The highest BCUT2D eigenvalue weighted by atomic mass is 16.1. The number of hydrogen-bond donors (Lipinski definition) is 2. The normalized spacial score (nSPS) is 11.2. The van der Waals surface area contributed by atoms with Crippen molar-refractivity contribution in [3.8, 4) is 0 Å². The first-order valence-corrected chi connectivity index (χ1v) is 6.38. The molecule has 2 N–H and O–H groups in total. The zero-order valence-electron chi connectivity index (χ0n) is 10.6. The van der Waals surface area contributed by atoms with E-state index in [2.05, 4.69) is 21.0 Å². The maximum Gasteiger partial charge on any atom is 0.230 e. The minimum atomic E-state index is -0.104. The predicted octanol–water partition coefficient (Wildman–Crippen LogP) is 3.28. The Morgan fingerprint density at radius 2 is 1.85 bits per heavy atom. The number of ketones is 1. The molecule has 0 aliphatic rings. The van der Waals surface area contributed by atoms with Gasteiger partial charge in [-0.2, -0.15) is 0 Å². The van der Waals surface area contributed by atoms with Crippen molar-refractivity contribution in [2.45, 2.75) is 0 Å². The minimum absolute atomic E-state index is 0.104. The topological polar surface area (TPSA) is 61.5 Å². The molecule has 0 saturated heterocycles. The fourth-order valence-corrected chi connectivity index (χ4v) is 2.58. The highest BCUT2D eigenvalue weighted by Gasteiger charge is 2.16. The van der Waals surface area contributed by atoms with Crippen LogP contribution in [-0.4, -0.2) is 20.7 Å². The molecule has 0 bridgehead atoms.